The van der Waals surface area contributed by atoms with Crippen molar-refractivity contribution in [3.8, 4) is 11.5 Å². The molecular formula is C17H20O9. The standard InChI is InChI=1S/C17H20O9/c1-25-12-4-2-9(6-10(12)18)3-5-14(20)26-13-8-17(24,16(22)23)7-11(19)15(13)21/h2-6,11,13,15,18-19,21,24H,7-8H2,1H3,(H,22,23)/t11-,13-,15+,17-/m0/s1. The Kier molecular flexibility index (Phi) is 5.86. The van der Waals surface area contributed by atoms with Gasteiger partial charge in [-0.15, -0.1) is 0 Å². The van der Waals surface area contributed by atoms with Gasteiger partial charge in [-0.2, -0.15) is 0 Å². The normalized spacial score (nSPS) is 28.7. The van der Waals surface area contributed by atoms with Crippen LogP contribution in [0.3, 0.4) is 0 Å². The summed E-state index contributed by atoms with van der Waals surface area (Å²) in [6, 6.07) is 4.42. The second-order valence-electron chi connectivity index (χ2n) is 6.04. The molecule has 0 aromatic heterocycles. The van der Waals surface area contributed by atoms with E-state index in [9.17, 15) is 30.0 Å². The van der Waals surface area contributed by atoms with Gasteiger partial charge < -0.3 is 35.0 Å². The zero-order valence-corrected chi connectivity index (χ0v) is 13.9. The molecule has 4 atom stereocenters. The number of carboxylic acids is 1. The van der Waals surface area contributed by atoms with E-state index in [2.05, 4.69) is 0 Å². The Bertz CT molecular complexity index is 714. The largest absolute Gasteiger partial charge is 0.504 e. The van der Waals surface area contributed by atoms with Gasteiger partial charge in [0.15, 0.2) is 17.1 Å². The number of aromatic hydroxyl groups is 1. The molecule has 9 nitrogen and oxygen atoms in total. The molecule has 0 aliphatic heterocycles. The van der Waals surface area contributed by atoms with E-state index in [-0.39, 0.29) is 11.5 Å². The summed E-state index contributed by atoms with van der Waals surface area (Å²) in [7, 11) is 1.39. The maximum absolute atomic E-state index is 11.9. The number of aliphatic hydroxyl groups excluding tert-OH is 2. The third-order valence-electron chi connectivity index (χ3n) is 4.14. The topological polar surface area (TPSA) is 154 Å². The Hall–Kier alpha value is -2.62. The first-order chi connectivity index (χ1) is 12.2. The molecule has 1 fully saturated rings. The maximum atomic E-state index is 11.9. The average Bonchev–Trinajstić information content (AvgIpc) is 2.57. The number of carbonyl (C=O) groups excluding carboxylic acids is 1. The number of carboxylic acid groups (broad SMARTS) is 1. The number of phenols is 1. The molecule has 1 saturated carbocycles. The molecule has 142 valence electrons. The van der Waals surface area contributed by atoms with Gasteiger partial charge in [0.25, 0.3) is 0 Å². The van der Waals surface area contributed by atoms with E-state index in [1.54, 1.807) is 6.07 Å². The highest BCUT2D eigenvalue weighted by molar-refractivity contribution is 5.87. The fourth-order valence-electron chi connectivity index (χ4n) is 2.70. The first kappa shape index (κ1) is 19.7. The van der Waals surface area contributed by atoms with Crippen LogP contribution in [0, 0.1) is 0 Å². The van der Waals surface area contributed by atoms with Crippen LogP contribution in [-0.2, 0) is 14.3 Å². The van der Waals surface area contributed by atoms with Crippen LogP contribution in [0.5, 0.6) is 11.5 Å². The van der Waals surface area contributed by atoms with Crippen molar-refractivity contribution in [2.45, 2.75) is 36.8 Å². The molecular weight excluding hydrogens is 348 g/mol. The van der Waals surface area contributed by atoms with Crippen molar-refractivity contribution in [1.29, 1.82) is 0 Å². The Morgan fingerprint density at radius 3 is 2.54 bits per heavy atom. The highest BCUT2D eigenvalue weighted by Gasteiger charge is 2.50. The molecule has 0 heterocycles. The number of methoxy groups -OCH3 is 1. The Morgan fingerprint density at radius 1 is 1.27 bits per heavy atom. The quantitative estimate of drug-likeness (QED) is 0.347. The van der Waals surface area contributed by atoms with E-state index in [1.165, 1.54) is 25.3 Å². The van der Waals surface area contributed by atoms with E-state index in [4.69, 9.17) is 14.6 Å². The predicted molar refractivity (Wildman–Crippen MR) is 87.4 cm³/mol. The van der Waals surface area contributed by atoms with Crippen LogP contribution in [0.4, 0.5) is 0 Å². The molecule has 0 amide bonds. The summed E-state index contributed by atoms with van der Waals surface area (Å²) in [6.45, 7) is 0. The lowest BCUT2D eigenvalue weighted by atomic mass is 9.79. The Labute approximate surface area is 148 Å². The van der Waals surface area contributed by atoms with Crippen LogP contribution in [0.2, 0.25) is 0 Å². The molecule has 0 saturated heterocycles. The van der Waals surface area contributed by atoms with Crippen LogP contribution < -0.4 is 4.74 Å². The number of hydrogen-bond acceptors (Lipinski definition) is 8. The molecule has 0 radical (unpaired) electrons. The van der Waals surface area contributed by atoms with Crippen molar-refractivity contribution < 1.29 is 44.6 Å². The first-order valence-electron chi connectivity index (χ1n) is 7.74. The summed E-state index contributed by atoms with van der Waals surface area (Å²) in [5.41, 5.74) is -1.83. The van der Waals surface area contributed by atoms with Gasteiger partial charge in [-0.05, 0) is 23.8 Å². The smallest absolute Gasteiger partial charge is 0.335 e. The number of ether oxygens (including phenoxy) is 2. The lowest BCUT2D eigenvalue weighted by molar-refractivity contribution is -0.196. The van der Waals surface area contributed by atoms with Gasteiger partial charge in [0, 0.05) is 18.9 Å². The number of phenolic OH excluding ortho intramolecular Hbond substituents is 1. The minimum atomic E-state index is -2.30. The molecule has 26 heavy (non-hydrogen) atoms. The van der Waals surface area contributed by atoms with Crippen molar-refractivity contribution in [1.82, 2.24) is 0 Å². The van der Waals surface area contributed by atoms with E-state index < -0.39 is 48.7 Å². The van der Waals surface area contributed by atoms with Crippen molar-refractivity contribution in [3.05, 3.63) is 29.8 Å². The lowest BCUT2D eigenvalue weighted by Gasteiger charge is -2.39. The summed E-state index contributed by atoms with van der Waals surface area (Å²) in [4.78, 5) is 23.0. The minimum Gasteiger partial charge on any atom is -0.504 e. The lowest BCUT2D eigenvalue weighted by Crippen LogP contribution is -2.57. The molecule has 1 aliphatic rings. The van der Waals surface area contributed by atoms with Gasteiger partial charge in [-0.3, -0.25) is 0 Å². The SMILES string of the molecule is COc1ccc(C=CC(=O)O[C@H]2C[C@](O)(C(=O)O)C[C@H](O)[C@H]2O)cc1O. The second kappa shape index (κ2) is 7.73. The molecule has 0 unspecified atom stereocenters. The van der Waals surface area contributed by atoms with Crippen molar-refractivity contribution in [2.75, 3.05) is 7.11 Å². The first-order valence-corrected chi connectivity index (χ1v) is 7.74. The molecule has 1 aliphatic carbocycles. The molecule has 5 N–H and O–H groups in total. The number of hydrogen-bond donors (Lipinski definition) is 5. The zero-order valence-electron chi connectivity index (χ0n) is 13.9. The molecule has 0 bridgehead atoms. The third kappa shape index (κ3) is 4.31. The molecule has 1 aromatic carbocycles. The van der Waals surface area contributed by atoms with E-state index >= 15 is 0 Å². The minimum absolute atomic E-state index is 0.125. The highest BCUT2D eigenvalue weighted by Crippen LogP contribution is 2.31. The summed E-state index contributed by atoms with van der Waals surface area (Å²) in [6.07, 6.45) is -3.24. The average molecular weight is 368 g/mol. The van der Waals surface area contributed by atoms with Crippen molar-refractivity contribution in [2.24, 2.45) is 0 Å². The van der Waals surface area contributed by atoms with E-state index in [1.807, 2.05) is 0 Å². The van der Waals surface area contributed by atoms with Crippen molar-refractivity contribution >= 4 is 18.0 Å². The predicted octanol–water partition coefficient (Wildman–Crippen LogP) is -0.343. The summed E-state index contributed by atoms with van der Waals surface area (Å²) >= 11 is 0. The molecule has 2 rings (SSSR count). The van der Waals surface area contributed by atoms with Crippen molar-refractivity contribution in [3.63, 3.8) is 0 Å². The van der Waals surface area contributed by atoms with Gasteiger partial charge in [-0.25, -0.2) is 9.59 Å². The maximum Gasteiger partial charge on any atom is 0.335 e. The Balaban J connectivity index is 2.06. The zero-order chi connectivity index (χ0) is 19.5. The van der Waals surface area contributed by atoms with Gasteiger partial charge >= 0.3 is 11.9 Å². The number of esters is 1. The Morgan fingerprint density at radius 2 is 1.96 bits per heavy atom. The van der Waals surface area contributed by atoms with Gasteiger partial charge in [0.1, 0.15) is 12.2 Å². The number of benzene rings is 1. The fourth-order valence-corrected chi connectivity index (χ4v) is 2.70. The highest BCUT2D eigenvalue weighted by atomic mass is 16.6. The van der Waals surface area contributed by atoms with E-state index in [0.717, 1.165) is 6.08 Å². The number of aliphatic hydroxyl groups is 3. The van der Waals surface area contributed by atoms with Crippen LogP contribution >= 0.6 is 0 Å². The summed E-state index contributed by atoms with van der Waals surface area (Å²) in [5, 5.41) is 48.3. The van der Waals surface area contributed by atoms with E-state index in [0.29, 0.717) is 5.56 Å². The van der Waals surface area contributed by atoms with Crippen LogP contribution in [0.1, 0.15) is 18.4 Å². The molecule has 0 spiro atoms. The number of rotatable bonds is 5. The summed E-state index contributed by atoms with van der Waals surface area (Å²) < 4.78 is 9.87. The summed E-state index contributed by atoms with van der Waals surface area (Å²) in [5.74, 6) is -2.35. The van der Waals surface area contributed by atoms with Gasteiger partial charge in [0.05, 0.1) is 13.2 Å². The third-order valence-corrected chi connectivity index (χ3v) is 4.14. The number of aliphatic carboxylic acids is 1. The fraction of sp³-hybridized carbons (Fsp3) is 0.412. The molecule has 1 aromatic rings. The number of carbonyl (C=O) groups is 2. The monoisotopic (exact) mass is 368 g/mol. The van der Waals surface area contributed by atoms with Crippen LogP contribution in [0.25, 0.3) is 6.08 Å². The van der Waals surface area contributed by atoms with Crippen LogP contribution in [0.15, 0.2) is 24.3 Å². The van der Waals surface area contributed by atoms with Gasteiger partial charge in [-0.1, -0.05) is 6.07 Å². The molecule has 9 heteroatoms. The van der Waals surface area contributed by atoms with Gasteiger partial charge in [0.2, 0.25) is 0 Å². The van der Waals surface area contributed by atoms with Crippen LogP contribution in [-0.4, -0.2) is 68.5 Å². The second-order valence-corrected chi connectivity index (χ2v) is 6.04.